The Morgan fingerprint density at radius 1 is 1.43 bits per heavy atom. The Morgan fingerprint density at radius 3 is 1.43 bits per heavy atom. The summed E-state index contributed by atoms with van der Waals surface area (Å²) in [4.78, 5) is 0. The van der Waals surface area contributed by atoms with Crippen LogP contribution in [0.5, 0.6) is 0 Å². The van der Waals surface area contributed by atoms with Gasteiger partial charge >= 0.3 is 48.9 Å². The van der Waals surface area contributed by atoms with Crippen LogP contribution in [-0.4, -0.2) is 57.3 Å². The van der Waals surface area contributed by atoms with Crippen LogP contribution in [0.25, 0.3) is 0 Å². The van der Waals surface area contributed by atoms with E-state index < -0.39 is 0 Å². The van der Waals surface area contributed by atoms with Crippen molar-refractivity contribution in [1.29, 1.82) is 0 Å². The normalized spacial score (nSPS) is 1.14. The van der Waals surface area contributed by atoms with Gasteiger partial charge in [-0.2, -0.15) is 0 Å². The Kier molecular flexibility index (Phi) is 340. The van der Waals surface area contributed by atoms with Crippen LogP contribution < -0.4 is 0 Å². The summed E-state index contributed by atoms with van der Waals surface area (Å²) < 4.78 is 0. The first-order valence-corrected chi connectivity index (χ1v) is 0.789. The van der Waals surface area contributed by atoms with Crippen molar-refractivity contribution in [2.24, 2.45) is 0 Å². The molecule has 39 valence electrons. The zero-order valence-corrected chi connectivity index (χ0v) is 7.80. The van der Waals surface area contributed by atoms with Crippen LogP contribution >= 0.6 is 0 Å². The quantitative estimate of drug-likeness (QED) is 0.429. The number of hydrogen-bond donors (Lipinski definition) is 0. The summed E-state index contributed by atoms with van der Waals surface area (Å²) in [5, 5.41) is 0. The topological polar surface area (TPSA) is 0 Å². The molecule has 3 radical (unpaired) electrons. The van der Waals surface area contributed by atoms with Gasteiger partial charge in [-0.1, -0.05) is 14.9 Å². The Labute approximate surface area is 93.1 Å². The molecule has 0 aliphatic rings. The largest absolute Gasteiger partial charge is 2.00 e. The molecule has 0 amide bonds. The van der Waals surface area contributed by atoms with E-state index in [9.17, 15) is 0 Å². The van der Waals surface area contributed by atoms with Gasteiger partial charge in [0.15, 0.2) is 0 Å². The van der Waals surface area contributed by atoms with E-state index >= 15 is 0 Å². The van der Waals surface area contributed by atoms with Crippen LogP contribution in [0.1, 0.15) is 24.6 Å². The van der Waals surface area contributed by atoms with Crippen molar-refractivity contribution in [3.63, 3.8) is 0 Å². The maximum atomic E-state index is 4.60. The smallest absolute Gasteiger partial charge is 1.00 e. The third kappa shape index (κ3) is 136. The van der Waals surface area contributed by atoms with Gasteiger partial charge in [0, 0.05) is 8.41 Å². The third-order valence-electron chi connectivity index (χ3n) is 0. The van der Waals surface area contributed by atoms with E-state index in [0.717, 1.165) is 0 Å². The summed E-state index contributed by atoms with van der Waals surface area (Å²) in [6, 6.07) is 0. The molecular weight excluding hydrogens is 208 g/mol. The molecule has 2 heteroatoms. The van der Waals surface area contributed by atoms with Crippen LogP contribution in [0.3, 0.4) is 0 Å². The predicted octanol–water partition coefficient (Wildman–Crippen LogP) is 1.38. The summed E-state index contributed by atoms with van der Waals surface area (Å²) in [7, 11) is 0. The molecule has 0 rings (SSSR count). The first kappa shape index (κ1) is 41.5. The molecule has 0 fully saturated rings. The van der Waals surface area contributed by atoms with Crippen LogP contribution in [0.4, 0.5) is 0 Å². The van der Waals surface area contributed by atoms with Gasteiger partial charge < -0.3 is 2.85 Å². The summed E-state index contributed by atoms with van der Waals surface area (Å²) in [5.41, 5.74) is 0. The molecule has 0 aromatic rings. The first-order chi connectivity index (χ1) is 1.41. The molecule has 0 saturated heterocycles. The van der Waals surface area contributed by atoms with Crippen molar-refractivity contribution in [2.45, 2.75) is 21.8 Å². The maximum absolute atomic E-state index is 4.60. The second-order valence-corrected chi connectivity index (χ2v) is 0.289. The van der Waals surface area contributed by atoms with Crippen LogP contribution in [-0.2, 0) is 0 Å². The molecule has 0 aliphatic carbocycles. The molecular formula is C5H14BBa. The monoisotopic (exact) mass is 223 g/mol. The number of rotatable bonds is 0. The van der Waals surface area contributed by atoms with E-state index in [-0.39, 0.29) is 75.0 Å². The average Bonchev–Trinajstić information content (AvgIpc) is 0.918. The molecule has 0 unspecified atom stereocenters. The Balaban J connectivity index is -0.00000000133. The molecule has 0 atom stereocenters. The molecule has 0 aromatic heterocycles. The fraction of sp³-hybridized carbons (Fsp3) is 0.600. The van der Waals surface area contributed by atoms with Gasteiger partial charge in [0.05, 0.1) is 0 Å². The van der Waals surface area contributed by atoms with E-state index in [4.69, 9.17) is 0 Å². The molecule has 7 heavy (non-hydrogen) atoms. The van der Waals surface area contributed by atoms with E-state index in [0.29, 0.717) is 0 Å². The van der Waals surface area contributed by atoms with Gasteiger partial charge in [-0.05, 0) is 6.92 Å². The minimum atomic E-state index is 0. The Bertz CT molecular complexity index is 36.4. The third-order valence-corrected chi connectivity index (χ3v) is 0. The van der Waals surface area contributed by atoms with Gasteiger partial charge in [0.1, 0.15) is 0 Å². The standard InChI is InChI=1S/C3H4.2CH4.B.Ba.2H/c1-3-2;;;;;;/h1H,2H3;2*1H4;;;;/q;;;;+2;2*-1. The molecule has 0 spiro atoms. The summed E-state index contributed by atoms with van der Waals surface area (Å²) in [6.07, 6.45) is 4.60. The van der Waals surface area contributed by atoms with Crippen molar-refractivity contribution < 1.29 is 2.85 Å². The first-order valence-electron chi connectivity index (χ1n) is 0.789. The predicted molar refractivity (Wildman–Crippen MR) is 41.7 cm³/mol. The molecule has 0 nitrogen and oxygen atoms in total. The fourth-order valence-corrected chi connectivity index (χ4v) is 0. The van der Waals surface area contributed by atoms with E-state index in [1.807, 2.05) is 0 Å². The van der Waals surface area contributed by atoms with Gasteiger partial charge in [-0.25, -0.2) is 0 Å². The van der Waals surface area contributed by atoms with Crippen molar-refractivity contribution >= 4 is 57.3 Å². The van der Waals surface area contributed by atoms with Crippen LogP contribution in [0, 0.1) is 12.3 Å². The molecule has 0 heterocycles. The summed E-state index contributed by atoms with van der Waals surface area (Å²) >= 11 is 0. The maximum Gasteiger partial charge on any atom is 2.00 e. The van der Waals surface area contributed by atoms with E-state index in [1.54, 1.807) is 6.92 Å². The Morgan fingerprint density at radius 2 is 1.43 bits per heavy atom. The van der Waals surface area contributed by atoms with Gasteiger partial charge in [0.25, 0.3) is 0 Å². The molecule has 0 aliphatic heterocycles. The van der Waals surface area contributed by atoms with Gasteiger partial charge in [0.2, 0.25) is 0 Å². The zero-order chi connectivity index (χ0) is 2.71. The molecule has 0 saturated carbocycles. The van der Waals surface area contributed by atoms with Crippen LogP contribution in [0.15, 0.2) is 0 Å². The zero-order valence-electron chi connectivity index (χ0n) is 5.36. The van der Waals surface area contributed by atoms with Gasteiger partial charge in [-0.3, -0.25) is 0 Å². The van der Waals surface area contributed by atoms with E-state index in [1.165, 1.54) is 0 Å². The van der Waals surface area contributed by atoms with Crippen molar-refractivity contribution in [3.05, 3.63) is 0 Å². The Hall–Kier alpha value is 1.20. The van der Waals surface area contributed by atoms with Crippen molar-refractivity contribution in [1.82, 2.24) is 0 Å². The average molecular weight is 222 g/mol. The fourth-order valence-electron chi connectivity index (χ4n) is 0. The number of hydrogen-bond acceptors (Lipinski definition) is 0. The van der Waals surface area contributed by atoms with Crippen molar-refractivity contribution in [2.75, 3.05) is 0 Å². The van der Waals surface area contributed by atoms with Crippen molar-refractivity contribution in [3.8, 4) is 12.3 Å². The SMILES string of the molecule is C.C.C#CC.[B].[Ba+2].[H-].[H-]. The minimum Gasteiger partial charge on any atom is -1.00 e. The molecule has 0 aromatic carbocycles. The van der Waals surface area contributed by atoms with E-state index in [2.05, 4.69) is 12.3 Å². The second-order valence-electron chi connectivity index (χ2n) is 0.289. The summed E-state index contributed by atoms with van der Waals surface area (Å²) in [5.74, 6) is 2.25. The summed E-state index contributed by atoms with van der Waals surface area (Å²) in [6.45, 7) is 1.65. The minimum absolute atomic E-state index is 0. The van der Waals surface area contributed by atoms with Gasteiger partial charge in [-0.15, -0.1) is 12.3 Å². The second kappa shape index (κ2) is 57.3. The molecule has 0 N–H and O–H groups in total. The van der Waals surface area contributed by atoms with Crippen LogP contribution in [0.2, 0.25) is 0 Å². The molecule has 0 bridgehead atoms. The number of terminal acetylenes is 1.